The Kier molecular flexibility index (Phi) is 2.19. The van der Waals surface area contributed by atoms with Crippen LogP contribution in [-0.4, -0.2) is 27.1 Å². The van der Waals surface area contributed by atoms with E-state index in [4.69, 9.17) is 10.2 Å². The van der Waals surface area contributed by atoms with Crippen LogP contribution >= 0.6 is 0 Å². The van der Waals surface area contributed by atoms with Gasteiger partial charge < -0.3 is 14.6 Å². The van der Waals surface area contributed by atoms with E-state index in [0.29, 0.717) is 6.07 Å². The van der Waals surface area contributed by atoms with E-state index >= 15 is 0 Å². The summed E-state index contributed by atoms with van der Waals surface area (Å²) in [4.78, 5) is 29.9. The number of nitro groups is 1. The monoisotopic (exact) mass is 201 g/mol. The van der Waals surface area contributed by atoms with Crippen LogP contribution in [0.5, 0.6) is 0 Å². The summed E-state index contributed by atoms with van der Waals surface area (Å²) in [6.45, 7) is 0. The van der Waals surface area contributed by atoms with Crippen molar-refractivity contribution >= 4 is 17.8 Å². The van der Waals surface area contributed by atoms with E-state index < -0.39 is 34.1 Å². The number of aromatic carboxylic acids is 2. The van der Waals surface area contributed by atoms with Crippen LogP contribution in [0.1, 0.15) is 20.9 Å². The number of carbonyl (C=O) groups is 2. The molecule has 1 aromatic rings. The number of hydrogen-bond donors (Lipinski definition) is 2. The van der Waals surface area contributed by atoms with Gasteiger partial charge in [0.15, 0.2) is 0 Å². The minimum absolute atomic E-state index is 0.547. The van der Waals surface area contributed by atoms with Crippen LogP contribution < -0.4 is 0 Å². The largest absolute Gasteiger partial charge is 0.478 e. The van der Waals surface area contributed by atoms with Gasteiger partial charge >= 0.3 is 17.8 Å². The molecule has 0 saturated heterocycles. The van der Waals surface area contributed by atoms with Gasteiger partial charge in [0, 0.05) is 0 Å². The van der Waals surface area contributed by atoms with Crippen LogP contribution in [0.2, 0.25) is 0 Å². The highest BCUT2D eigenvalue weighted by Crippen LogP contribution is 2.21. The van der Waals surface area contributed by atoms with E-state index in [2.05, 4.69) is 4.42 Å². The first-order chi connectivity index (χ1) is 6.43. The third-order valence-corrected chi connectivity index (χ3v) is 1.32. The highest BCUT2D eigenvalue weighted by atomic mass is 16.6. The van der Waals surface area contributed by atoms with Crippen molar-refractivity contribution in [3.05, 3.63) is 27.5 Å². The molecule has 0 atom stereocenters. The van der Waals surface area contributed by atoms with Crippen molar-refractivity contribution < 1.29 is 29.1 Å². The molecule has 1 heterocycles. The van der Waals surface area contributed by atoms with Gasteiger partial charge in [-0.2, -0.15) is 0 Å². The number of carboxylic acid groups (broad SMARTS) is 2. The Balaban J connectivity index is 3.33. The van der Waals surface area contributed by atoms with Crippen LogP contribution in [0.4, 0.5) is 5.88 Å². The molecule has 1 aromatic heterocycles. The first-order valence-electron chi connectivity index (χ1n) is 3.18. The average molecular weight is 201 g/mol. The Morgan fingerprint density at radius 1 is 1.36 bits per heavy atom. The summed E-state index contributed by atoms with van der Waals surface area (Å²) < 4.78 is 4.22. The molecule has 8 heteroatoms. The van der Waals surface area contributed by atoms with Crippen LogP contribution in [0.25, 0.3) is 0 Å². The number of hydrogen-bond acceptors (Lipinski definition) is 5. The molecular formula is C6H3NO7. The lowest BCUT2D eigenvalue weighted by atomic mass is 10.2. The van der Waals surface area contributed by atoms with Gasteiger partial charge in [0.25, 0.3) is 0 Å². The third kappa shape index (κ3) is 1.53. The molecule has 74 valence electrons. The third-order valence-electron chi connectivity index (χ3n) is 1.32. The Hall–Kier alpha value is -2.38. The maximum absolute atomic E-state index is 10.4. The first kappa shape index (κ1) is 9.71. The molecule has 0 aliphatic rings. The van der Waals surface area contributed by atoms with E-state index in [0.717, 1.165) is 0 Å². The Bertz CT molecular complexity index is 386. The van der Waals surface area contributed by atoms with Crippen LogP contribution in [0.3, 0.4) is 0 Å². The Morgan fingerprint density at radius 2 is 1.93 bits per heavy atom. The molecule has 0 aromatic carbocycles. The zero-order valence-corrected chi connectivity index (χ0v) is 6.46. The molecule has 0 radical (unpaired) electrons. The molecule has 2 N–H and O–H groups in total. The van der Waals surface area contributed by atoms with Gasteiger partial charge in [-0.1, -0.05) is 0 Å². The standard InChI is InChI=1S/C6H3NO7/c8-5(9)2-1-3(7(12)13)14-4(2)6(10)11/h1H,(H,8,9)(H,10,11). The van der Waals surface area contributed by atoms with Gasteiger partial charge in [0.2, 0.25) is 5.76 Å². The van der Waals surface area contributed by atoms with Crippen LogP contribution in [0, 0.1) is 10.1 Å². The number of nitrogens with zero attached hydrogens (tertiary/aromatic N) is 1. The minimum atomic E-state index is -1.67. The molecule has 0 amide bonds. The molecular weight excluding hydrogens is 198 g/mol. The second-order valence-corrected chi connectivity index (χ2v) is 2.19. The zero-order valence-electron chi connectivity index (χ0n) is 6.46. The lowest BCUT2D eigenvalue weighted by Crippen LogP contribution is -2.03. The van der Waals surface area contributed by atoms with Gasteiger partial charge in [-0.15, -0.1) is 0 Å². The SMILES string of the molecule is O=C(O)c1cc([N+](=O)[O-])oc1C(=O)O. The number of rotatable bonds is 3. The quantitative estimate of drug-likeness (QED) is 0.540. The van der Waals surface area contributed by atoms with Crippen molar-refractivity contribution in [1.29, 1.82) is 0 Å². The zero-order chi connectivity index (χ0) is 10.9. The molecule has 0 aliphatic heterocycles. The lowest BCUT2D eigenvalue weighted by molar-refractivity contribution is -0.402. The van der Waals surface area contributed by atoms with Crippen molar-refractivity contribution in [2.24, 2.45) is 0 Å². The van der Waals surface area contributed by atoms with Gasteiger partial charge in [0.05, 0.1) is 6.07 Å². The Labute approximate surface area is 75.5 Å². The molecule has 1 rings (SSSR count). The normalized spacial score (nSPS) is 9.71. The minimum Gasteiger partial charge on any atom is -0.478 e. The summed E-state index contributed by atoms with van der Waals surface area (Å²) in [5.41, 5.74) is -0.746. The molecule has 0 bridgehead atoms. The van der Waals surface area contributed by atoms with Crippen molar-refractivity contribution in [3.8, 4) is 0 Å². The fourth-order valence-corrected chi connectivity index (χ4v) is 0.786. The average Bonchev–Trinajstić information content (AvgIpc) is 2.47. The maximum atomic E-state index is 10.4. The Morgan fingerprint density at radius 3 is 2.21 bits per heavy atom. The fourth-order valence-electron chi connectivity index (χ4n) is 0.786. The molecule has 0 unspecified atom stereocenters. The summed E-state index contributed by atoms with van der Waals surface area (Å²) in [6, 6.07) is 0.547. The van der Waals surface area contributed by atoms with Crippen LogP contribution in [0.15, 0.2) is 10.5 Å². The second-order valence-electron chi connectivity index (χ2n) is 2.19. The van der Waals surface area contributed by atoms with Crippen molar-refractivity contribution in [2.45, 2.75) is 0 Å². The molecule has 0 fully saturated rings. The van der Waals surface area contributed by atoms with Gasteiger partial charge in [0.1, 0.15) is 10.5 Å². The van der Waals surface area contributed by atoms with E-state index in [9.17, 15) is 19.7 Å². The second kappa shape index (κ2) is 3.17. The highest BCUT2D eigenvalue weighted by molar-refractivity contribution is 6.00. The molecule has 0 saturated carbocycles. The lowest BCUT2D eigenvalue weighted by Gasteiger charge is -1.87. The predicted molar refractivity (Wildman–Crippen MR) is 39.3 cm³/mol. The summed E-state index contributed by atoms with van der Waals surface area (Å²) in [5, 5.41) is 27.0. The summed E-state index contributed by atoms with van der Waals surface area (Å²) >= 11 is 0. The van der Waals surface area contributed by atoms with Gasteiger partial charge in [-0.05, 0) is 0 Å². The van der Waals surface area contributed by atoms with E-state index in [1.807, 2.05) is 0 Å². The number of carboxylic acids is 2. The smallest absolute Gasteiger partial charge is 0.434 e. The van der Waals surface area contributed by atoms with E-state index in [1.165, 1.54) is 0 Å². The molecule has 0 spiro atoms. The fraction of sp³-hybridized carbons (Fsp3) is 0. The summed E-state index contributed by atoms with van der Waals surface area (Å²) in [5.74, 6) is -5.14. The molecule has 8 nitrogen and oxygen atoms in total. The molecule has 14 heavy (non-hydrogen) atoms. The van der Waals surface area contributed by atoms with Crippen molar-refractivity contribution in [2.75, 3.05) is 0 Å². The first-order valence-corrected chi connectivity index (χ1v) is 3.18. The predicted octanol–water partition coefficient (Wildman–Crippen LogP) is 0.584. The molecule has 0 aliphatic carbocycles. The topological polar surface area (TPSA) is 131 Å². The van der Waals surface area contributed by atoms with Crippen molar-refractivity contribution in [1.82, 2.24) is 0 Å². The van der Waals surface area contributed by atoms with Crippen LogP contribution in [-0.2, 0) is 0 Å². The highest BCUT2D eigenvalue weighted by Gasteiger charge is 2.27. The van der Waals surface area contributed by atoms with Crippen molar-refractivity contribution in [3.63, 3.8) is 0 Å². The van der Waals surface area contributed by atoms with E-state index in [-0.39, 0.29) is 0 Å². The number of furan rings is 1. The van der Waals surface area contributed by atoms with Gasteiger partial charge in [-0.25, -0.2) is 9.59 Å². The maximum Gasteiger partial charge on any atom is 0.434 e. The summed E-state index contributed by atoms with van der Waals surface area (Å²) in [6.07, 6.45) is 0. The van der Waals surface area contributed by atoms with Gasteiger partial charge in [-0.3, -0.25) is 10.1 Å². The van der Waals surface area contributed by atoms with E-state index in [1.54, 1.807) is 0 Å². The summed E-state index contributed by atoms with van der Waals surface area (Å²) in [7, 11) is 0.